The Morgan fingerprint density at radius 3 is 2.14 bits per heavy atom. The molecular formula is C28H26. The van der Waals surface area contributed by atoms with Crippen LogP contribution in [0.15, 0.2) is 91.0 Å². The van der Waals surface area contributed by atoms with Crippen LogP contribution in [-0.4, -0.2) is 0 Å². The van der Waals surface area contributed by atoms with E-state index in [1.807, 2.05) is 0 Å². The molecule has 0 saturated carbocycles. The lowest BCUT2D eigenvalue weighted by Gasteiger charge is -2.16. The van der Waals surface area contributed by atoms with E-state index in [4.69, 9.17) is 0 Å². The molecule has 4 aromatic carbocycles. The Balaban J connectivity index is 1.80. The van der Waals surface area contributed by atoms with E-state index in [2.05, 4.69) is 112 Å². The van der Waals surface area contributed by atoms with Crippen molar-refractivity contribution in [1.82, 2.24) is 0 Å². The van der Waals surface area contributed by atoms with E-state index >= 15 is 0 Å². The molecule has 4 aromatic rings. The van der Waals surface area contributed by atoms with Crippen molar-refractivity contribution in [1.29, 1.82) is 0 Å². The zero-order chi connectivity index (χ0) is 19.5. The van der Waals surface area contributed by atoms with Gasteiger partial charge in [-0.25, -0.2) is 0 Å². The van der Waals surface area contributed by atoms with E-state index in [-0.39, 0.29) is 0 Å². The highest BCUT2D eigenvalue weighted by Crippen LogP contribution is 2.30. The molecule has 28 heavy (non-hydrogen) atoms. The number of rotatable bonds is 4. The van der Waals surface area contributed by atoms with E-state index in [0.29, 0.717) is 0 Å². The van der Waals surface area contributed by atoms with Crippen molar-refractivity contribution in [3.8, 4) is 0 Å². The van der Waals surface area contributed by atoms with Crippen LogP contribution in [0.1, 0.15) is 40.3 Å². The average molecular weight is 363 g/mol. The molecule has 0 atom stereocenters. The van der Waals surface area contributed by atoms with Crippen LogP contribution in [0.25, 0.3) is 16.3 Å². The number of aryl methyl sites for hydroxylation is 2. The summed E-state index contributed by atoms with van der Waals surface area (Å²) in [6.45, 7) is 6.49. The lowest BCUT2D eigenvalue weighted by Crippen LogP contribution is -1.98. The molecule has 0 fully saturated rings. The third-order valence-corrected chi connectivity index (χ3v) is 5.39. The van der Waals surface area contributed by atoms with Crippen molar-refractivity contribution in [2.24, 2.45) is 0 Å². The Morgan fingerprint density at radius 1 is 0.714 bits per heavy atom. The third-order valence-electron chi connectivity index (χ3n) is 5.39. The van der Waals surface area contributed by atoms with Gasteiger partial charge in [0.25, 0.3) is 0 Å². The van der Waals surface area contributed by atoms with Gasteiger partial charge in [-0.15, -0.1) is 0 Å². The lowest BCUT2D eigenvalue weighted by molar-refractivity contribution is 1.20. The minimum absolute atomic E-state index is 0.930. The van der Waals surface area contributed by atoms with E-state index in [1.54, 1.807) is 0 Å². The van der Waals surface area contributed by atoms with Gasteiger partial charge in [0.1, 0.15) is 0 Å². The standard InChI is InChI=1S/C28H26/c1-4-26(25-17-20(2)16-21(3)18-25)28-15-8-6-11-24(28)19-23-13-9-12-22-10-5-7-14-27(22)23/h4-18H,19H2,1-3H3. The van der Waals surface area contributed by atoms with E-state index in [1.165, 1.54) is 49.7 Å². The molecule has 0 aliphatic rings. The first kappa shape index (κ1) is 18.3. The van der Waals surface area contributed by atoms with Crippen molar-refractivity contribution in [3.63, 3.8) is 0 Å². The quantitative estimate of drug-likeness (QED) is 0.352. The largest absolute Gasteiger partial charge is 0.0792 e. The Labute approximate surface area is 168 Å². The van der Waals surface area contributed by atoms with E-state index < -0.39 is 0 Å². The second kappa shape index (κ2) is 7.86. The van der Waals surface area contributed by atoms with Crippen LogP contribution in [-0.2, 0) is 6.42 Å². The van der Waals surface area contributed by atoms with Gasteiger partial charge in [0, 0.05) is 0 Å². The first-order valence-electron chi connectivity index (χ1n) is 9.95. The zero-order valence-corrected chi connectivity index (χ0v) is 16.9. The molecule has 0 N–H and O–H groups in total. The molecule has 0 saturated heterocycles. The average Bonchev–Trinajstić information content (AvgIpc) is 2.69. The molecule has 0 spiro atoms. The number of hydrogen-bond acceptors (Lipinski definition) is 0. The van der Waals surface area contributed by atoms with Crippen LogP contribution < -0.4 is 0 Å². The Bertz CT molecular complexity index is 1140. The SMILES string of the molecule is CC=C(c1cc(C)cc(C)c1)c1ccccc1Cc1cccc2ccccc12. The van der Waals surface area contributed by atoms with Gasteiger partial charge in [-0.2, -0.15) is 0 Å². The van der Waals surface area contributed by atoms with Gasteiger partial charge in [-0.3, -0.25) is 0 Å². The smallest absolute Gasteiger partial charge is 0.00135 e. The fourth-order valence-electron chi connectivity index (χ4n) is 4.20. The zero-order valence-electron chi connectivity index (χ0n) is 16.9. The Hall–Kier alpha value is -3.12. The van der Waals surface area contributed by atoms with Crippen LogP contribution in [0.5, 0.6) is 0 Å². The van der Waals surface area contributed by atoms with Crippen LogP contribution in [0.2, 0.25) is 0 Å². The minimum Gasteiger partial charge on any atom is -0.0792 e. The summed E-state index contributed by atoms with van der Waals surface area (Å²) in [5, 5.41) is 2.64. The maximum absolute atomic E-state index is 2.29. The highest BCUT2D eigenvalue weighted by molar-refractivity contribution is 5.87. The van der Waals surface area contributed by atoms with Gasteiger partial charge in [-0.05, 0) is 65.8 Å². The number of hydrogen-bond donors (Lipinski definition) is 0. The summed E-state index contributed by atoms with van der Waals surface area (Å²) in [4.78, 5) is 0. The van der Waals surface area contributed by atoms with E-state index in [0.717, 1.165) is 6.42 Å². The second-order valence-electron chi connectivity index (χ2n) is 7.55. The van der Waals surface area contributed by atoms with Gasteiger partial charge in [0.2, 0.25) is 0 Å². The molecule has 0 heterocycles. The molecule has 0 heteroatoms. The molecule has 138 valence electrons. The summed E-state index contributed by atoms with van der Waals surface area (Å²) in [6, 6.07) is 30.9. The maximum Gasteiger partial charge on any atom is -0.00135 e. The molecule has 0 radical (unpaired) electrons. The predicted molar refractivity (Wildman–Crippen MR) is 122 cm³/mol. The van der Waals surface area contributed by atoms with E-state index in [9.17, 15) is 0 Å². The van der Waals surface area contributed by atoms with Crippen LogP contribution in [0.3, 0.4) is 0 Å². The molecule has 4 rings (SSSR count). The van der Waals surface area contributed by atoms with Crippen molar-refractivity contribution in [2.45, 2.75) is 27.2 Å². The third kappa shape index (κ3) is 3.64. The van der Waals surface area contributed by atoms with Gasteiger partial charge in [0.15, 0.2) is 0 Å². The number of allylic oxidation sites excluding steroid dienone is 1. The molecular weight excluding hydrogens is 336 g/mol. The second-order valence-corrected chi connectivity index (χ2v) is 7.55. The van der Waals surface area contributed by atoms with Crippen molar-refractivity contribution in [2.75, 3.05) is 0 Å². The maximum atomic E-state index is 2.29. The molecule has 0 nitrogen and oxygen atoms in total. The lowest BCUT2D eigenvalue weighted by atomic mass is 9.89. The summed E-state index contributed by atoms with van der Waals surface area (Å²) in [7, 11) is 0. The van der Waals surface area contributed by atoms with Gasteiger partial charge >= 0.3 is 0 Å². The predicted octanol–water partition coefficient (Wildman–Crippen LogP) is 7.50. The van der Waals surface area contributed by atoms with Crippen LogP contribution >= 0.6 is 0 Å². The number of fused-ring (bicyclic) bond motifs is 1. The van der Waals surface area contributed by atoms with Crippen molar-refractivity contribution >= 4 is 16.3 Å². The topological polar surface area (TPSA) is 0 Å². The molecule has 0 aromatic heterocycles. The Kier molecular flexibility index (Phi) is 5.12. The molecule has 0 unspecified atom stereocenters. The van der Waals surface area contributed by atoms with Gasteiger partial charge in [-0.1, -0.05) is 102 Å². The normalized spacial score (nSPS) is 11.8. The summed E-state index contributed by atoms with van der Waals surface area (Å²) in [5.41, 5.74) is 9.28. The molecule has 0 bridgehead atoms. The summed E-state index contributed by atoms with van der Waals surface area (Å²) in [5.74, 6) is 0. The summed E-state index contributed by atoms with van der Waals surface area (Å²) >= 11 is 0. The van der Waals surface area contributed by atoms with Gasteiger partial charge < -0.3 is 0 Å². The fraction of sp³-hybridized carbons (Fsp3) is 0.143. The van der Waals surface area contributed by atoms with Gasteiger partial charge in [0.05, 0.1) is 0 Å². The highest BCUT2D eigenvalue weighted by atomic mass is 14.2. The first-order valence-corrected chi connectivity index (χ1v) is 9.95. The fourth-order valence-corrected chi connectivity index (χ4v) is 4.20. The number of benzene rings is 4. The van der Waals surface area contributed by atoms with Crippen LogP contribution in [0, 0.1) is 13.8 Å². The Morgan fingerprint density at radius 2 is 1.36 bits per heavy atom. The highest BCUT2D eigenvalue weighted by Gasteiger charge is 2.11. The first-order chi connectivity index (χ1) is 13.7. The molecule has 0 amide bonds. The van der Waals surface area contributed by atoms with Crippen molar-refractivity contribution < 1.29 is 0 Å². The van der Waals surface area contributed by atoms with Crippen LogP contribution in [0.4, 0.5) is 0 Å². The monoisotopic (exact) mass is 362 g/mol. The van der Waals surface area contributed by atoms with Crippen molar-refractivity contribution in [3.05, 3.63) is 124 Å². The summed E-state index contributed by atoms with van der Waals surface area (Å²) in [6.07, 6.45) is 3.18. The molecule has 0 aliphatic carbocycles. The minimum atomic E-state index is 0.930. The molecule has 0 aliphatic heterocycles. The summed E-state index contributed by atoms with van der Waals surface area (Å²) < 4.78 is 0.